The Labute approximate surface area is 159 Å². The summed E-state index contributed by atoms with van der Waals surface area (Å²) in [7, 11) is 2.99. The molecule has 0 aliphatic heterocycles. The van der Waals surface area contributed by atoms with Gasteiger partial charge >= 0.3 is 0 Å². The Balaban J connectivity index is 2.08. The fourth-order valence-corrected chi connectivity index (χ4v) is 2.93. The minimum absolute atomic E-state index is 0.101. The molecule has 4 N–H and O–H groups in total. The van der Waals surface area contributed by atoms with Crippen molar-refractivity contribution < 1.29 is 19.8 Å². The number of hydrogen-bond donors (Lipinski definition) is 4. The van der Waals surface area contributed by atoms with E-state index in [-0.39, 0.29) is 12.0 Å². The van der Waals surface area contributed by atoms with Crippen molar-refractivity contribution in [3.05, 3.63) is 59.6 Å². The third kappa shape index (κ3) is 6.14. The van der Waals surface area contributed by atoms with Crippen molar-refractivity contribution in [1.82, 2.24) is 5.32 Å². The van der Waals surface area contributed by atoms with Crippen molar-refractivity contribution >= 4 is 11.6 Å². The topological polar surface area (TPSA) is 107 Å². The Morgan fingerprint density at radius 1 is 1.22 bits per heavy atom. The van der Waals surface area contributed by atoms with E-state index in [0.29, 0.717) is 17.5 Å². The first-order valence-corrected chi connectivity index (χ1v) is 8.89. The second kappa shape index (κ2) is 10.4. The number of hydrogen-bond acceptors (Lipinski definition) is 7. The lowest BCUT2D eigenvalue weighted by atomic mass is 9.93. The lowest BCUT2D eigenvalue weighted by Crippen LogP contribution is -2.31. The maximum absolute atomic E-state index is 9.59. The summed E-state index contributed by atoms with van der Waals surface area (Å²) in [6, 6.07) is 0.321. The molecule has 146 valence electrons. The molecule has 27 heavy (non-hydrogen) atoms. The number of ether oxygens (including phenoxy) is 2. The zero-order chi connectivity index (χ0) is 19.6. The van der Waals surface area contributed by atoms with E-state index in [1.54, 1.807) is 25.3 Å². The van der Waals surface area contributed by atoms with E-state index in [4.69, 9.17) is 20.1 Å². The van der Waals surface area contributed by atoms with E-state index in [1.807, 2.05) is 18.4 Å². The van der Waals surface area contributed by atoms with Crippen molar-refractivity contribution in [2.45, 2.75) is 37.8 Å². The van der Waals surface area contributed by atoms with E-state index in [1.165, 1.54) is 13.2 Å². The molecule has 2 aliphatic carbocycles. The Morgan fingerprint density at radius 2 is 1.96 bits per heavy atom. The summed E-state index contributed by atoms with van der Waals surface area (Å²) < 4.78 is 10.2. The highest BCUT2D eigenvalue weighted by atomic mass is 16.5. The van der Waals surface area contributed by atoms with Crippen molar-refractivity contribution in [2.75, 3.05) is 14.2 Å². The first kappa shape index (κ1) is 20.5. The molecule has 0 aromatic heterocycles. The van der Waals surface area contributed by atoms with Crippen LogP contribution in [0, 0.1) is 5.41 Å². The summed E-state index contributed by atoms with van der Waals surface area (Å²) in [5.41, 5.74) is 1.96. The molecular formula is C20H27N3O4. The number of aliphatic hydroxyl groups excluding tert-OH is 1. The molecular weight excluding hydrogens is 346 g/mol. The molecule has 1 fully saturated rings. The number of nitrogens with zero attached hydrogens (tertiary/aromatic N) is 1. The first-order valence-electron chi connectivity index (χ1n) is 8.89. The van der Waals surface area contributed by atoms with Gasteiger partial charge in [0.25, 0.3) is 0 Å². The van der Waals surface area contributed by atoms with E-state index in [9.17, 15) is 5.11 Å². The molecule has 0 heterocycles. The Hall–Kier alpha value is -2.80. The van der Waals surface area contributed by atoms with Crippen LogP contribution < -0.4 is 5.32 Å². The largest absolute Gasteiger partial charge is 0.496 e. The Kier molecular flexibility index (Phi) is 7.88. The van der Waals surface area contributed by atoms with Gasteiger partial charge in [0.1, 0.15) is 5.76 Å². The smallest absolute Gasteiger partial charge is 0.249 e. The highest BCUT2D eigenvalue weighted by Gasteiger charge is 2.19. The molecule has 7 heteroatoms. The highest BCUT2D eigenvalue weighted by Crippen LogP contribution is 2.23. The van der Waals surface area contributed by atoms with E-state index in [0.717, 1.165) is 36.8 Å². The SMILES string of the molecule is COC1=CC(=N)/C(=C\NC2CCC(O)CC2)C=C1/C=C/C=C\C(=N\O)OC. The molecule has 2 rings (SSSR count). The van der Waals surface area contributed by atoms with Crippen LogP contribution in [0.4, 0.5) is 0 Å². The third-order valence-electron chi connectivity index (χ3n) is 4.51. The average Bonchev–Trinajstić information content (AvgIpc) is 2.69. The monoisotopic (exact) mass is 373 g/mol. The van der Waals surface area contributed by atoms with Crippen LogP contribution >= 0.6 is 0 Å². The normalized spacial score (nSPS) is 25.7. The molecule has 2 aliphatic rings. The van der Waals surface area contributed by atoms with Crippen LogP contribution in [0.15, 0.2) is 64.7 Å². The van der Waals surface area contributed by atoms with Gasteiger partial charge < -0.3 is 30.5 Å². The molecule has 1 saturated carbocycles. The molecule has 0 atom stereocenters. The van der Waals surface area contributed by atoms with Crippen molar-refractivity contribution in [2.24, 2.45) is 5.16 Å². The maximum atomic E-state index is 9.59. The zero-order valence-corrected chi connectivity index (χ0v) is 15.7. The van der Waals surface area contributed by atoms with Crippen LogP contribution in [0.25, 0.3) is 0 Å². The van der Waals surface area contributed by atoms with Gasteiger partial charge in [-0.25, -0.2) is 0 Å². The summed E-state index contributed by atoms with van der Waals surface area (Å²) >= 11 is 0. The van der Waals surface area contributed by atoms with E-state index < -0.39 is 0 Å². The van der Waals surface area contributed by atoms with E-state index in [2.05, 4.69) is 10.5 Å². The number of nitrogens with one attached hydrogen (secondary N) is 2. The molecule has 0 aromatic carbocycles. The lowest BCUT2D eigenvalue weighted by Gasteiger charge is -2.26. The maximum Gasteiger partial charge on any atom is 0.249 e. The van der Waals surface area contributed by atoms with Gasteiger partial charge in [-0.1, -0.05) is 18.2 Å². The summed E-state index contributed by atoms with van der Waals surface area (Å²) in [6.07, 6.45) is 15.5. The third-order valence-corrected chi connectivity index (χ3v) is 4.51. The summed E-state index contributed by atoms with van der Waals surface area (Å²) in [5, 5.41) is 32.8. The van der Waals surface area contributed by atoms with Crippen LogP contribution in [-0.2, 0) is 9.47 Å². The second-order valence-electron chi connectivity index (χ2n) is 6.36. The fraction of sp³-hybridized carbons (Fsp3) is 0.400. The summed E-state index contributed by atoms with van der Waals surface area (Å²) in [5.74, 6) is 0.703. The van der Waals surface area contributed by atoms with Crippen molar-refractivity contribution in [3.63, 3.8) is 0 Å². The standard InChI is InChI=1S/C20H27N3O4/c1-26-19-12-18(21)15(13-22-16-7-9-17(24)10-8-16)11-14(19)5-3-4-6-20(23-25)27-2/h3-6,11-13,16-17,21-22,24-25H,7-10H2,1-2H3/b5-3+,6-4-,15-13-,21-18?,23-20-. The van der Waals surface area contributed by atoms with Gasteiger partial charge in [-0.2, -0.15) is 0 Å². The minimum atomic E-state index is -0.185. The highest BCUT2D eigenvalue weighted by molar-refractivity contribution is 6.10. The molecule has 0 aromatic rings. The number of oxime groups is 1. The van der Waals surface area contributed by atoms with Gasteiger partial charge in [-0.05, 0) is 36.9 Å². The molecule has 7 nitrogen and oxygen atoms in total. The predicted octanol–water partition coefficient (Wildman–Crippen LogP) is 2.80. The number of methoxy groups -OCH3 is 2. The van der Waals surface area contributed by atoms with Crippen LogP contribution in [0.2, 0.25) is 0 Å². The minimum Gasteiger partial charge on any atom is -0.496 e. The molecule has 0 saturated heterocycles. The molecule has 0 bridgehead atoms. The molecule has 0 spiro atoms. The fourth-order valence-electron chi connectivity index (χ4n) is 2.93. The Morgan fingerprint density at radius 3 is 2.59 bits per heavy atom. The quantitative estimate of drug-likeness (QED) is 0.188. The van der Waals surface area contributed by atoms with Crippen LogP contribution in [0.5, 0.6) is 0 Å². The molecule has 0 radical (unpaired) electrons. The van der Waals surface area contributed by atoms with Gasteiger partial charge in [0.2, 0.25) is 5.90 Å². The predicted molar refractivity (Wildman–Crippen MR) is 105 cm³/mol. The van der Waals surface area contributed by atoms with Crippen molar-refractivity contribution in [3.8, 4) is 0 Å². The zero-order valence-electron chi connectivity index (χ0n) is 15.7. The average molecular weight is 373 g/mol. The van der Waals surface area contributed by atoms with Crippen LogP contribution in [0.1, 0.15) is 25.7 Å². The Bertz CT molecular complexity index is 709. The van der Waals surface area contributed by atoms with Crippen LogP contribution in [-0.4, -0.2) is 48.3 Å². The van der Waals surface area contributed by atoms with Crippen molar-refractivity contribution in [1.29, 1.82) is 5.41 Å². The number of aliphatic hydroxyl groups is 1. The van der Waals surface area contributed by atoms with Gasteiger partial charge in [-0.3, -0.25) is 0 Å². The van der Waals surface area contributed by atoms with Gasteiger partial charge in [0.05, 0.1) is 26.0 Å². The summed E-state index contributed by atoms with van der Waals surface area (Å²) in [4.78, 5) is 0. The van der Waals surface area contributed by atoms with Gasteiger partial charge in [0, 0.05) is 35.5 Å². The van der Waals surface area contributed by atoms with Gasteiger partial charge in [0.15, 0.2) is 0 Å². The second-order valence-corrected chi connectivity index (χ2v) is 6.36. The van der Waals surface area contributed by atoms with E-state index >= 15 is 0 Å². The number of rotatable bonds is 6. The first-order chi connectivity index (χ1) is 13.1. The molecule has 0 unspecified atom stereocenters. The molecule has 0 amide bonds. The number of allylic oxidation sites excluding steroid dienone is 6. The summed E-state index contributed by atoms with van der Waals surface area (Å²) in [6.45, 7) is 0. The van der Waals surface area contributed by atoms with Crippen LogP contribution in [0.3, 0.4) is 0 Å². The van der Waals surface area contributed by atoms with Gasteiger partial charge in [-0.15, -0.1) is 0 Å². The lowest BCUT2D eigenvalue weighted by molar-refractivity contribution is 0.119.